The Morgan fingerprint density at radius 1 is 1.14 bits per heavy atom. The second-order valence-corrected chi connectivity index (χ2v) is 6.84. The summed E-state index contributed by atoms with van der Waals surface area (Å²) in [6, 6.07) is 7.56. The summed E-state index contributed by atoms with van der Waals surface area (Å²) in [5.74, 6) is 0.343. The van der Waals surface area contributed by atoms with E-state index < -0.39 is 5.54 Å². The lowest BCUT2D eigenvalue weighted by Crippen LogP contribution is -2.41. The summed E-state index contributed by atoms with van der Waals surface area (Å²) in [6.45, 7) is 4.38. The van der Waals surface area contributed by atoms with Gasteiger partial charge in [-0.1, -0.05) is 49.1 Å². The maximum Gasteiger partial charge on any atom is 0.325 e. The highest BCUT2D eigenvalue weighted by Crippen LogP contribution is 2.31. The fourth-order valence-electron chi connectivity index (χ4n) is 3.57. The van der Waals surface area contributed by atoms with E-state index in [1.54, 1.807) is 6.92 Å². The largest absolute Gasteiger partial charge is 0.325 e. The quantitative estimate of drug-likeness (QED) is 0.870. The van der Waals surface area contributed by atoms with Crippen molar-refractivity contribution in [2.45, 2.75) is 51.5 Å². The van der Waals surface area contributed by atoms with Crippen molar-refractivity contribution < 1.29 is 9.59 Å². The van der Waals surface area contributed by atoms with Gasteiger partial charge in [-0.3, -0.25) is 9.69 Å². The highest BCUT2D eigenvalue weighted by Gasteiger charge is 2.49. The van der Waals surface area contributed by atoms with Gasteiger partial charge in [-0.15, -0.1) is 0 Å². The lowest BCUT2D eigenvalue weighted by atomic mass is 9.88. The molecule has 118 valence electrons. The van der Waals surface area contributed by atoms with Crippen molar-refractivity contribution in [1.29, 1.82) is 0 Å². The highest BCUT2D eigenvalue weighted by atomic mass is 16.2. The Labute approximate surface area is 131 Å². The van der Waals surface area contributed by atoms with Gasteiger partial charge in [-0.2, -0.15) is 0 Å². The van der Waals surface area contributed by atoms with Crippen molar-refractivity contribution in [3.63, 3.8) is 0 Å². The van der Waals surface area contributed by atoms with Crippen LogP contribution in [0.25, 0.3) is 0 Å². The molecule has 1 saturated carbocycles. The minimum atomic E-state index is -0.931. The van der Waals surface area contributed by atoms with E-state index in [0.717, 1.165) is 24.0 Å². The number of nitrogens with zero attached hydrogens (tertiary/aromatic N) is 1. The lowest BCUT2D eigenvalue weighted by Gasteiger charge is -2.26. The first-order valence-electron chi connectivity index (χ1n) is 8.22. The Kier molecular flexibility index (Phi) is 3.94. The van der Waals surface area contributed by atoms with E-state index in [1.807, 2.05) is 31.2 Å². The van der Waals surface area contributed by atoms with Gasteiger partial charge in [-0.25, -0.2) is 4.79 Å². The smallest absolute Gasteiger partial charge is 0.319 e. The van der Waals surface area contributed by atoms with E-state index in [1.165, 1.54) is 24.2 Å². The number of urea groups is 1. The molecule has 0 bridgehead atoms. The number of nitrogens with one attached hydrogen (secondary N) is 1. The van der Waals surface area contributed by atoms with Gasteiger partial charge in [0, 0.05) is 6.54 Å². The van der Waals surface area contributed by atoms with Crippen molar-refractivity contribution >= 4 is 11.9 Å². The number of aryl methyl sites for hydroxylation is 1. The predicted molar refractivity (Wildman–Crippen MR) is 85.4 cm³/mol. The first kappa shape index (κ1) is 15.1. The number of rotatable bonds is 3. The number of carbonyl (C=O) groups is 2. The van der Waals surface area contributed by atoms with Gasteiger partial charge in [-0.05, 0) is 38.2 Å². The number of carbonyl (C=O) groups excluding carboxylic acids is 2. The Hall–Kier alpha value is -1.84. The number of amides is 3. The molecular weight excluding hydrogens is 276 g/mol. The third-order valence-corrected chi connectivity index (χ3v) is 5.07. The van der Waals surface area contributed by atoms with Crippen molar-refractivity contribution in [1.82, 2.24) is 10.2 Å². The van der Waals surface area contributed by atoms with Gasteiger partial charge in [0.25, 0.3) is 5.91 Å². The number of hydrogen-bond donors (Lipinski definition) is 1. The normalized spacial score (nSPS) is 26.4. The maximum absolute atomic E-state index is 12.8. The minimum Gasteiger partial charge on any atom is -0.319 e. The third kappa shape index (κ3) is 2.62. The molecule has 1 atom stereocenters. The second kappa shape index (κ2) is 5.75. The van der Waals surface area contributed by atoms with Crippen LogP contribution in [0.5, 0.6) is 0 Å². The van der Waals surface area contributed by atoms with E-state index in [0.29, 0.717) is 12.5 Å². The van der Waals surface area contributed by atoms with Crippen molar-refractivity contribution in [3.05, 3.63) is 35.4 Å². The molecule has 1 saturated heterocycles. The summed E-state index contributed by atoms with van der Waals surface area (Å²) in [6.07, 6.45) is 5.95. The van der Waals surface area contributed by atoms with Crippen LogP contribution in [-0.2, 0) is 10.3 Å². The van der Waals surface area contributed by atoms with Crippen LogP contribution >= 0.6 is 0 Å². The Morgan fingerprint density at radius 2 is 1.77 bits per heavy atom. The zero-order valence-electron chi connectivity index (χ0n) is 13.4. The number of imide groups is 1. The van der Waals surface area contributed by atoms with Gasteiger partial charge in [0.1, 0.15) is 5.54 Å². The highest BCUT2D eigenvalue weighted by molar-refractivity contribution is 6.07. The molecule has 2 fully saturated rings. The molecule has 0 aromatic heterocycles. The van der Waals surface area contributed by atoms with Crippen LogP contribution in [0.4, 0.5) is 4.79 Å². The monoisotopic (exact) mass is 300 g/mol. The van der Waals surface area contributed by atoms with Gasteiger partial charge in [0.15, 0.2) is 0 Å². The van der Waals surface area contributed by atoms with Crippen LogP contribution in [0.2, 0.25) is 0 Å². The molecule has 4 heteroatoms. The zero-order chi connectivity index (χ0) is 15.7. The fourth-order valence-corrected chi connectivity index (χ4v) is 3.57. The van der Waals surface area contributed by atoms with Crippen molar-refractivity contribution in [2.24, 2.45) is 5.92 Å². The summed E-state index contributed by atoms with van der Waals surface area (Å²) >= 11 is 0. The minimum absolute atomic E-state index is 0.119. The zero-order valence-corrected chi connectivity index (χ0v) is 13.4. The van der Waals surface area contributed by atoms with E-state index in [9.17, 15) is 9.59 Å². The van der Waals surface area contributed by atoms with E-state index in [4.69, 9.17) is 0 Å². The third-order valence-electron chi connectivity index (χ3n) is 5.07. The van der Waals surface area contributed by atoms with Crippen LogP contribution in [0, 0.1) is 12.8 Å². The molecule has 4 nitrogen and oxygen atoms in total. The molecule has 3 rings (SSSR count). The lowest BCUT2D eigenvalue weighted by molar-refractivity contribution is -0.131. The van der Waals surface area contributed by atoms with Crippen LogP contribution in [0.15, 0.2) is 24.3 Å². The first-order valence-corrected chi connectivity index (χ1v) is 8.22. The molecule has 2 aliphatic rings. The number of hydrogen-bond acceptors (Lipinski definition) is 2. The average Bonchev–Trinajstić information content (AvgIpc) is 2.73. The molecule has 1 aromatic rings. The molecule has 0 radical (unpaired) electrons. The summed E-state index contributed by atoms with van der Waals surface area (Å²) < 4.78 is 0. The van der Waals surface area contributed by atoms with Crippen LogP contribution in [0.1, 0.15) is 50.2 Å². The summed E-state index contributed by atoms with van der Waals surface area (Å²) in [5, 5.41) is 2.89. The van der Waals surface area contributed by atoms with E-state index >= 15 is 0 Å². The van der Waals surface area contributed by atoms with Crippen molar-refractivity contribution in [3.8, 4) is 0 Å². The molecule has 0 unspecified atom stereocenters. The predicted octanol–water partition coefficient (Wildman–Crippen LogP) is 3.34. The van der Waals surface area contributed by atoms with Crippen molar-refractivity contribution in [2.75, 3.05) is 6.54 Å². The average molecular weight is 300 g/mol. The fraction of sp³-hybridized carbons (Fsp3) is 0.556. The van der Waals surface area contributed by atoms with Gasteiger partial charge >= 0.3 is 6.03 Å². The Morgan fingerprint density at radius 3 is 2.41 bits per heavy atom. The van der Waals surface area contributed by atoms with Crippen LogP contribution < -0.4 is 5.32 Å². The second-order valence-electron chi connectivity index (χ2n) is 6.84. The molecule has 1 aliphatic heterocycles. The standard InChI is InChI=1S/C18H24N2O2/c1-13-8-10-15(11-9-13)18(2)16(21)20(17(22)19-18)12-14-6-4-3-5-7-14/h8-11,14H,3-7,12H2,1-2H3,(H,19,22)/t18-/m0/s1. The Bertz CT molecular complexity index is 575. The van der Waals surface area contributed by atoms with Crippen LogP contribution in [0.3, 0.4) is 0 Å². The topological polar surface area (TPSA) is 49.4 Å². The van der Waals surface area contributed by atoms with E-state index in [2.05, 4.69) is 5.32 Å². The number of benzene rings is 1. The van der Waals surface area contributed by atoms with E-state index in [-0.39, 0.29) is 11.9 Å². The summed E-state index contributed by atoms with van der Waals surface area (Å²) in [4.78, 5) is 26.6. The molecule has 22 heavy (non-hydrogen) atoms. The molecule has 1 aromatic carbocycles. The molecule has 3 amide bonds. The molecule has 0 spiro atoms. The van der Waals surface area contributed by atoms with Gasteiger partial charge < -0.3 is 5.32 Å². The Balaban J connectivity index is 1.79. The van der Waals surface area contributed by atoms with Crippen LogP contribution in [-0.4, -0.2) is 23.4 Å². The SMILES string of the molecule is Cc1ccc([C@]2(C)NC(=O)N(CC3CCCCC3)C2=O)cc1. The van der Waals surface area contributed by atoms with Gasteiger partial charge in [0.2, 0.25) is 0 Å². The maximum atomic E-state index is 12.8. The van der Waals surface area contributed by atoms with Gasteiger partial charge in [0.05, 0.1) is 0 Å². The molecule has 1 aliphatic carbocycles. The summed E-state index contributed by atoms with van der Waals surface area (Å²) in [5.41, 5.74) is 1.06. The first-order chi connectivity index (χ1) is 10.5. The summed E-state index contributed by atoms with van der Waals surface area (Å²) in [7, 11) is 0. The molecule has 1 heterocycles. The molecule has 1 N–H and O–H groups in total. The molecular formula is C18H24N2O2.